The van der Waals surface area contributed by atoms with Crippen LogP contribution in [0.1, 0.15) is 27.7 Å². The first-order valence-electron chi connectivity index (χ1n) is 11.5. The first-order chi connectivity index (χ1) is 16.0. The van der Waals surface area contributed by atoms with E-state index in [1.54, 1.807) is 0 Å². The van der Waals surface area contributed by atoms with Crippen LogP contribution in [0.4, 0.5) is 0 Å². The van der Waals surface area contributed by atoms with E-state index in [1.807, 2.05) is 18.2 Å². The maximum absolute atomic E-state index is 6.30. The van der Waals surface area contributed by atoms with Crippen LogP contribution in [0.15, 0.2) is 103 Å². The Morgan fingerprint density at radius 1 is 0.515 bits per heavy atom. The summed E-state index contributed by atoms with van der Waals surface area (Å²) >= 11 is 0. The van der Waals surface area contributed by atoms with E-state index in [1.165, 1.54) is 15.9 Å². The molecule has 4 aromatic carbocycles. The summed E-state index contributed by atoms with van der Waals surface area (Å²) < 4.78 is 12.6. The third-order valence-corrected chi connectivity index (χ3v) is 7.66. The topological polar surface area (TPSA) is 18.5 Å². The zero-order valence-corrected chi connectivity index (χ0v) is 20.6. The molecule has 0 fully saturated rings. The van der Waals surface area contributed by atoms with Gasteiger partial charge in [-0.05, 0) is 69.2 Å². The largest absolute Gasteiger partial charge is 0.490 e. The molecule has 3 heteroatoms. The van der Waals surface area contributed by atoms with Gasteiger partial charge in [0.25, 0.3) is 0 Å². The summed E-state index contributed by atoms with van der Waals surface area (Å²) in [6.45, 7) is 8.25. The lowest BCUT2D eigenvalue weighted by Gasteiger charge is -2.25. The first kappa shape index (κ1) is 23.1. The SMILES string of the molecule is CC(C)Oc1cccc(OC(C)C)c1-c1ccccc1P(c1ccccc1)c1ccccc1. The van der Waals surface area contributed by atoms with E-state index in [4.69, 9.17) is 9.47 Å². The summed E-state index contributed by atoms with van der Waals surface area (Å²) in [4.78, 5) is 0. The van der Waals surface area contributed by atoms with Gasteiger partial charge in [0.15, 0.2) is 0 Å². The monoisotopic (exact) mass is 454 g/mol. The van der Waals surface area contributed by atoms with Crippen molar-refractivity contribution in [2.75, 3.05) is 0 Å². The molecule has 0 atom stereocenters. The van der Waals surface area contributed by atoms with Gasteiger partial charge in [-0.15, -0.1) is 0 Å². The quantitative estimate of drug-likeness (QED) is 0.276. The molecule has 0 radical (unpaired) electrons. The van der Waals surface area contributed by atoms with Gasteiger partial charge in [0.05, 0.1) is 17.8 Å². The molecule has 33 heavy (non-hydrogen) atoms. The van der Waals surface area contributed by atoms with Crippen LogP contribution in [0.5, 0.6) is 11.5 Å². The third-order valence-electron chi connectivity index (χ3n) is 5.16. The minimum Gasteiger partial charge on any atom is -0.490 e. The Labute approximate surface area is 199 Å². The van der Waals surface area contributed by atoms with Gasteiger partial charge in [0.1, 0.15) is 11.5 Å². The second-order valence-corrected chi connectivity index (χ2v) is 10.7. The van der Waals surface area contributed by atoms with E-state index in [0.717, 1.165) is 22.6 Å². The van der Waals surface area contributed by atoms with Crippen LogP contribution in [0.3, 0.4) is 0 Å². The molecular weight excluding hydrogens is 423 g/mol. The average molecular weight is 455 g/mol. The minimum absolute atomic E-state index is 0.0648. The lowest BCUT2D eigenvalue weighted by atomic mass is 10.0. The molecule has 0 heterocycles. The second kappa shape index (κ2) is 10.7. The van der Waals surface area contributed by atoms with Crippen LogP contribution in [0, 0.1) is 0 Å². The average Bonchev–Trinajstić information content (AvgIpc) is 2.81. The highest BCUT2D eigenvalue weighted by Crippen LogP contribution is 2.43. The maximum atomic E-state index is 6.30. The number of rotatable bonds is 8. The van der Waals surface area contributed by atoms with Crippen molar-refractivity contribution in [3.05, 3.63) is 103 Å². The summed E-state index contributed by atoms with van der Waals surface area (Å²) in [6, 6.07) is 36.4. The van der Waals surface area contributed by atoms with Crippen molar-refractivity contribution in [3.63, 3.8) is 0 Å². The molecule has 168 valence electrons. The molecule has 0 spiro atoms. The lowest BCUT2D eigenvalue weighted by molar-refractivity contribution is 0.231. The van der Waals surface area contributed by atoms with Gasteiger partial charge in [0.2, 0.25) is 0 Å². The maximum Gasteiger partial charge on any atom is 0.131 e. The standard InChI is InChI=1S/C30H31O2P/c1-22(2)31-27-19-13-20-28(32-23(3)4)30(27)26-18-11-12-21-29(26)33(24-14-7-5-8-15-24)25-16-9-6-10-17-25/h5-23H,1-4H3. The molecular formula is C30H31O2P. The van der Waals surface area contributed by atoms with E-state index in [-0.39, 0.29) is 12.2 Å². The summed E-state index contributed by atoms with van der Waals surface area (Å²) in [6.07, 6.45) is 0.130. The fourth-order valence-electron chi connectivity index (χ4n) is 3.94. The molecule has 0 aliphatic heterocycles. The van der Waals surface area contributed by atoms with E-state index in [0.29, 0.717) is 0 Å². The van der Waals surface area contributed by atoms with Crippen molar-refractivity contribution in [1.29, 1.82) is 0 Å². The normalized spacial score (nSPS) is 11.2. The fraction of sp³-hybridized carbons (Fsp3) is 0.200. The molecule has 0 bridgehead atoms. The summed E-state index contributed by atoms with van der Waals surface area (Å²) in [5.74, 6) is 1.71. The fourth-order valence-corrected chi connectivity index (χ4v) is 6.40. The van der Waals surface area contributed by atoms with Crippen LogP contribution in [-0.4, -0.2) is 12.2 Å². The summed E-state index contributed by atoms with van der Waals surface area (Å²) in [7, 11) is -0.767. The molecule has 0 aliphatic rings. The summed E-state index contributed by atoms with van der Waals surface area (Å²) in [5.41, 5.74) is 2.18. The van der Waals surface area contributed by atoms with Crippen molar-refractivity contribution in [2.24, 2.45) is 0 Å². The van der Waals surface area contributed by atoms with Gasteiger partial charge >= 0.3 is 0 Å². The van der Waals surface area contributed by atoms with Gasteiger partial charge < -0.3 is 9.47 Å². The number of benzene rings is 4. The van der Waals surface area contributed by atoms with Gasteiger partial charge in [-0.25, -0.2) is 0 Å². The van der Waals surface area contributed by atoms with Crippen molar-refractivity contribution >= 4 is 23.8 Å². The molecule has 0 unspecified atom stereocenters. The molecule has 4 rings (SSSR count). The van der Waals surface area contributed by atoms with Gasteiger partial charge in [-0.1, -0.05) is 91.0 Å². The number of hydrogen-bond acceptors (Lipinski definition) is 2. The Morgan fingerprint density at radius 2 is 0.970 bits per heavy atom. The Hall–Kier alpha value is -3.09. The zero-order valence-electron chi connectivity index (χ0n) is 19.7. The van der Waals surface area contributed by atoms with Crippen LogP contribution >= 0.6 is 7.92 Å². The highest BCUT2D eigenvalue weighted by molar-refractivity contribution is 7.80. The third kappa shape index (κ3) is 5.46. The van der Waals surface area contributed by atoms with Gasteiger partial charge in [0, 0.05) is 0 Å². The Kier molecular flexibility index (Phi) is 7.47. The van der Waals surface area contributed by atoms with Gasteiger partial charge in [-0.2, -0.15) is 0 Å². The Morgan fingerprint density at radius 3 is 1.45 bits per heavy atom. The molecule has 0 aliphatic carbocycles. The van der Waals surface area contributed by atoms with Crippen molar-refractivity contribution in [1.82, 2.24) is 0 Å². The highest BCUT2D eigenvalue weighted by atomic mass is 31.1. The van der Waals surface area contributed by atoms with Gasteiger partial charge in [-0.3, -0.25) is 0 Å². The zero-order chi connectivity index (χ0) is 23.2. The molecule has 0 saturated carbocycles. The van der Waals surface area contributed by atoms with Crippen LogP contribution in [-0.2, 0) is 0 Å². The predicted molar refractivity (Wildman–Crippen MR) is 142 cm³/mol. The summed E-state index contributed by atoms with van der Waals surface area (Å²) in [5, 5.41) is 3.93. The van der Waals surface area contributed by atoms with Crippen molar-refractivity contribution in [2.45, 2.75) is 39.9 Å². The number of ether oxygens (including phenoxy) is 2. The lowest BCUT2D eigenvalue weighted by Crippen LogP contribution is -2.22. The number of hydrogen-bond donors (Lipinski definition) is 0. The minimum atomic E-state index is -0.767. The van der Waals surface area contributed by atoms with Crippen LogP contribution in [0.2, 0.25) is 0 Å². The first-order valence-corrected chi connectivity index (χ1v) is 12.8. The van der Waals surface area contributed by atoms with E-state index >= 15 is 0 Å². The van der Waals surface area contributed by atoms with Crippen LogP contribution in [0.25, 0.3) is 11.1 Å². The molecule has 0 aromatic heterocycles. The second-order valence-electron chi connectivity index (χ2n) is 8.49. The predicted octanol–water partition coefficient (Wildman–Crippen LogP) is 6.69. The van der Waals surface area contributed by atoms with E-state index in [2.05, 4.69) is 113 Å². The van der Waals surface area contributed by atoms with E-state index < -0.39 is 7.92 Å². The van der Waals surface area contributed by atoms with Crippen molar-refractivity contribution in [3.8, 4) is 22.6 Å². The Bertz CT molecular complexity index is 1100. The smallest absolute Gasteiger partial charge is 0.131 e. The molecule has 0 N–H and O–H groups in total. The Balaban J connectivity index is 1.97. The molecule has 2 nitrogen and oxygen atoms in total. The highest BCUT2D eigenvalue weighted by Gasteiger charge is 2.24. The van der Waals surface area contributed by atoms with E-state index in [9.17, 15) is 0 Å². The van der Waals surface area contributed by atoms with Crippen molar-refractivity contribution < 1.29 is 9.47 Å². The molecule has 0 amide bonds. The van der Waals surface area contributed by atoms with Crippen LogP contribution < -0.4 is 25.4 Å². The molecule has 0 saturated heterocycles. The molecule has 4 aromatic rings.